The number of alkyl halides is 1. The Morgan fingerprint density at radius 1 is 0.881 bits per heavy atom. The van der Waals surface area contributed by atoms with E-state index in [1.165, 1.54) is 5.56 Å². The van der Waals surface area contributed by atoms with Crippen LogP contribution < -0.4 is 25.9 Å². The zero-order valence-electron chi connectivity index (χ0n) is 23.5. The summed E-state index contributed by atoms with van der Waals surface area (Å²) in [5.74, 6) is 1.99. The van der Waals surface area contributed by atoms with Crippen LogP contribution in [-0.4, -0.2) is 27.1 Å². The van der Waals surface area contributed by atoms with Gasteiger partial charge >= 0.3 is 158 Å². The number of hydrogen-bond acceptors (Lipinski definition) is 4. The van der Waals surface area contributed by atoms with E-state index < -0.39 is 0 Å². The molecule has 5 nitrogen and oxygen atoms in total. The number of carbonyl (C=O) groups excluding carboxylic acids is 1. The molecule has 0 aliphatic carbocycles. The third-order valence-electron chi connectivity index (χ3n) is 6.78. The van der Waals surface area contributed by atoms with Crippen LogP contribution in [0.5, 0.6) is 11.5 Å². The molecule has 0 amide bonds. The van der Waals surface area contributed by atoms with Crippen LogP contribution in [0, 0.1) is 3.57 Å². The van der Waals surface area contributed by atoms with Crippen LogP contribution in [0.3, 0.4) is 0 Å². The van der Waals surface area contributed by atoms with Crippen molar-refractivity contribution in [3.05, 3.63) is 122 Å². The molecule has 0 bridgehead atoms. The van der Waals surface area contributed by atoms with Crippen LogP contribution in [-0.2, 0) is 17.7 Å². The fourth-order valence-corrected chi connectivity index (χ4v) is 6.64. The number of carbonyl (C=O) groups is 1. The predicted molar refractivity (Wildman–Crippen MR) is 165 cm³/mol. The number of imidazole rings is 1. The molecule has 0 atom stereocenters. The van der Waals surface area contributed by atoms with E-state index >= 15 is 0 Å². The summed E-state index contributed by atoms with van der Waals surface area (Å²) in [5.41, 5.74) is 5.67. The molecule has 1 heterocycles. The van der Waals surface area contributed by atoms with E-state index in [-0.39, 0.29) is 27.2 Å². The maximum absolute atomic E-state index is 12.4. The standard InChI is InChI=1S/C34H30Cl2IN2O3/c1-4-39-21-32(28-16-12-25(35)19-30(28)36)38-33(39)18-22-6-8-23(9-7-22)24-10-13-26(14-11-24)42-27-15-17-31(37-3)29(20-27)34(40)41-5-2/h6-17,19-21H,4-5,18H2,1-3H3/q-1. The van der Waals surface area contributed by atoms with E-state index in [2.05, 4.69) is 40.7 Å². The van der Waals surface area contributed by atoms with E-state index in [1.54, 1.807) is 12.1 Å². The van der Waals surface area contributed by atoms with Crippen LogP contribution in [0.15, 0.2) is 91.1 Å². The van der Waals surface area contributed by atoms with E-state index in [9.17, 15) is 4.79 Å². The molecule has 0 saturated heterocycles. The summed E-state index contributed by atoms with van der Waals surface area (Å²) in [7, 11) is 0. The van der Waals surface area contributed by atoms with Crippen molar-refractivity contribution < 1.29 is 35.5 Å². The van der Waals surface area contributed by atoms with Crippen molar-refractivity contribution >= 4 is 29.2 Å². The van der Waals surface area contributed by atoms with Crippen LogP contribution in [0.2, 0.25) is 10.0 Å². The van der Waals surface area contributed by atoms with Crippen molar-refractivity contribution in [1.29, 1.82) is 0 Å². The van der Waals surface area contributed by atoms with Crippen molar-refractivity contribution in [1.82, 2.24) is 9.55 Å². The first kappa shape index (κ1) is 30.1. The minimum absolute atomic E-state index is 0.263. The molecule has 0 radical (unpaired) electrons. The van der Waals surface area contributed by atoms with Gasteiger partial charge in [-0.3, -0.25) is 0 Å². The molecule has 4 aromatic carbocycles. The summed E-state index contributed by atoms with van der Waals surface area (Å²) in [4.78, 5) is 19.4. The second-order valence-electron chi connectivity index (χ2n) is 9.50. The second kappa shape index (κ2) is 13.8. The van der Waals surface area contributed by atoms with Gasteiger partial charge in [0.15, 0.2) is 0 Å². The van der Waals surface area contributed by atoms with Gasteiger partial charge < -0.3 is 4.57 Å². The Labute approximate surface area is 266 Å². The zero-order valence-corrected chi connectivity index (χ0v) is 27.2. The Hall–Kier alpha value is -3.33. The molecule has 0 N–H and O–H groups in total. The number of aryl methyl sites for hydroxylation is 1. The molecular weight excluding hydrogens is 682 g/mol. The third kappa shape index (κ3) is 7.00. The van der Waals surface area contributed by atoms with Gasteiger partial charge in [-0.2, -0.15) is 0 Å². The quantitative estimate of drug-likeness (QED) is 0.102. The summed E-state index contributed by atoms with van der Waals surface area (Å²) in [6.45, 7) is 5.08. The fraction of sp³-hybridized carbons (Fsp3) is 0.176. The normalized spacial score (nSPS) is 11.1. The molecule has 0 fully saturated rings. The topological polar surface area (TPSA) is 53.4 Å². The van der Waals surface area contributed by atoms with Gasteiger partial charge in [-0.25, -0.2) is 4.98 Å². The molecule has 0 saturated carbocycles. The molecule has 42 heavy (non-hydrogen) atoms. The number of aromatic nitrogens is 2. The van der Waals surface area contributed by atoms with Gasteiger partial charge in [-0.05, 0) is 30.7 Å². The number of nitrogens with zero attached hydrogens (tertiary/aromatic N) is 2. The number of halogens is 3. The number of esters is 1. The molecular formula is C34H30Cl2IN2O3-. The molecule has 1 aromatic heterocycles. The average molecular weight is 712 g/mol. The van der Waals surface area contributed by atoms with E-state index in [0.29, 0.717) is 40.1 Å². The van der Waals surface area contributed by atoms with Crippen LogP contribution in [0.4, 0.5) is 0 Å². The summed E-state index contributed by atoms with van der Waals surface area (Å²) in [5, 5.41) is 1.20. The molecule has 5 rings (SSSR count). The van der Waals surface area contributed by atoms with Crippen molar-refractivity contribution in [2.75, 3.05) is 11.5 Å². The monoisotopic (exact) mass is 711 g/mol. The van der Waals surface area contributed by atoms with Crippen molar-refractivity contribution in [3.63, 3.8) is 0 Å². The predicted octanol–water partition coefficient (Wildman–Crippen LogP) is 5.99. The molecule has 216 valence electrons. The second-order valence-corrected chi connectivity index (χ2v) is 12.6. The minimum atomic E-state index is -0.302. The van der Waals surface area contributed by atoms with Gasteiger partial charge in [-0.1, -0.05) is 23.2 Å². The van der Waals surface area contributed by atoms with Gasteiger partial charge in [0.05, 0.1) is 10.7 Å². The summed E-state index contributed by atoms with van der Waals surface area (Å²) in [6, 6.07) is 27.6. The Bertz CT molecular complexity index is 1700. The van der Waals surface area contributed by atoms with Gasteiger partial charge in [0.25, 0.3) is 0 Å². The summed E-state index contributed by atoms with van der Waals surface area (Å²) < 4.78 is 14.5. The molecule has 0 aliphatic rings. The summed E-state index contributed by atoms with van der Waals surface area (Å²) in [6.07, 6.45) is 2.75. The Morgan fingerprint density at radius 2 is 1.57 bits per heavy atom. The molecule has 5 aromatic rings. The first-order valence-corrected chi connectivity index (χ1v) is 17.6. The third-order valence-corrected chi connectivity index (χ3v) is 9.43. The SMILES string of the molecule is CCOC(=O)c1cc(Oc2ccc(-c3ccc(Cc4nc(-c5ccc(Cl)cc5Cl)cn4CC)cc3)cc2)ccc1[I-]C. The zero-order chi connectivity index (χ0) is 29.6. The van der Waals surface area contributed by atoms with Crippen LogP contribution in [0.1, 0.15) is 35.6 Å². The first-order chi connectivity index (χ1) is 20.4. The molecule has 0 spiro atoms. The fourth-order valence-electron chi connectivity index (χ4n) is 4.64. The number of benzene rings is 4. The van der Waals surface area contributed by atoms with E-state index in [4.69, 9.17) is 37.7 Å². The van der Waals surface area contributed by atoms with Crippen LogP contribution >= 0.6 is 23.2 Å². The van der Waals surface area contributed by atoms with E-state index in [1.807, 2.05) is 61.7 Å². The average Bonchev–Trinajstić information content (AvgIpc) is 3.40. The first-order valence-electron chi connectivity index (χ1n) is 13.6. The van der Waals surface area contributed by atoms with Crippen molar-refractivity contribution in [2.45, 2.75) is 26.8 Å². The number of ether oxygens (including phenoxy) is 2. The Morgan fingerprint density at radius 3 is 2.21 bits per heavy atom. The Balaban J connectivity index is 1.28. The van der Waals surface area contributed by atoms with E-state index in [0.717, 1.165) is 38.3 Å². The van der Waals surface area contributed by atoms with Crippen molar-refractivity contribution in [2.24, 2.45) is 0 Å². The maximum atomic E-state index is 12.4. The van der Waals surface area contributed by atoms with Gasteiger partial charge in [0, 0.05) is 29.7 Å². The number of hydrogen-bond donors (Lipinski definition) is 0. The summed E-state index contributed by atoms with van der Waals surface area (Å²) >= 11 is 12.3. The molecule has 0 aliphatic heterocycles. The van der Waals surface area contributed by atoms with Gasteiger partial charge in [0.2, 0.25) is 0 Å². The Kier molecular flexibility index (Phi) is 9.88. The number of rotatable bonds is 10. The van der Waals surface area contributed by atoms with Gasteiger partial charge in [0.1, 0.15) is 5.82 Å². The molecule has 8 heteroatoms. The van der Waals surface area contributed by atoms with Crippen molar-refractivity contribution in [3.8, 4) is 33.9 Å². The molecule has 0 unspecified atom stereocenters. The van der Waals surface area contributed by atoms with Gasteiger partial charge in [-0.15, -0.1) is 0 Å². The van der Waals surface area contributed by atoms with Crippen LogP contribution in [0.25, 0.3) is 22.4 Å².